The van der Waals surface area contributed by atoms with Gasteiger partial charge in [-0.25, -0.2) is 0 Å². The van der Waals surface area contributed by atoms with Gasteiger partial charge in [-0.05, 0) is 25.1 Å². The first-order chi connectivity index (χ1) is 4.15. The van der Waals surface area contributed by atoms with E-state index in [0.717, 1.165) is 25.7 Å². The molecule has 0 aromatic rings. The summed E-state index contributed by atoms with van der Waals surface area (Å²) in [7, 11) is 5.75. The Bertz CT molecular complexity index is 125. The van der Waals surface area contributed by atoms with Crippen LogP contribution in [0.15, 0.2) is 0 Å². The first kappa shape index (κ1) is 6.85. The van der Waals surface area contributed by atoms with Crippen LogP contribution < -0.4 is 0 Å². The zero-order valence-corrected chi connectivity index (χ0v) is 5.81. The summed E-state index contributed by atoms with van der Waals surface area (Å²) in [5.41, 5.74) is 0. The number of hydrogen-bond donors (Lipinski definition) is 0. The van der Waals surface area contributed by atoms with Gasteiger partial charge in [0.15, 0.2) is 0 Å². The maximum atomic E-state index is 10.8. The second-order valence-corrected chi connectivity index (χ2v) is 2.92. The quantitative estimate of drug-likeness (QED) is 0.481. The molecule has 1 rings (SSSR count). The molecule has 1 saturated carbocycles. The second kappa shape index (κ2) is 2.16. The standard InChI is InChI=1S/C7H11BO/c1-6(9)7(8)4-2-3-5-7/h2-5H2,1H3. The Kier molecular flexibility index (Phi) is 1.65. The number of Topliss-reactive ketones (excluding diaryl/α,β-unsaturated/α-hetero) is 1. The van der Waals surface area contributed by atoms with Crippen LogP contribution in [0.25, 0.3) is 0 Å². The summed E-state index contributed by atoms with van der Waals surface area (Å²) in [5.74, 6) is 0.153. The Morgan fingerprint density at radius 1 is 1.44 bits per heavy atom. The van der Waals surface area contributed by atoms with E-state index >= 15 is 0 Å². The van der Waals surface area contributed by atoms with Crippen LogP contribution in [0.3, 0.4) is 0 Å². The smallest absolute Gasteiger partial charge is 0.127 e. The van der Waals surface area contributed by atoms with Crippen molar-refractivity contribution in [3.8, 4) is 0 Å². The van der Waals surface area contributed by atoms with Gasteiger partial charge in [0.2, 0.25) is 0 Å². The molecule has 0 heterocycles. The first-order valence-electron chi connectivity index (χ1n) is 3.45. The Labute approximate surface area is 57.2 Å². The van der Waals surface area contributed by atoms with Crippen molar-refractivity contribution in [2.24, 2.45) is 0 Å². The topological polar surface area (TPSA) is 17.1 Å². The summed E-state index contributed by atoms with van der Waals surface area (Å²) in [6.45, 7) is 1.59. The molecule has 1 fully saturated rings. The van der Waals surface area contributed by atoms with E-state index in [1.807, 2.05) is 0 Å². The minimum atomic E-state index is -0.444. The average Bonchev–Trinajstić information content (AvgIpc) is 2.16. The lowest BCUT2D eigenvalue weighted by Crippen LogP contribution is -2.17. The van der Waals surface area contributed by atoms with Gasteiger partial charge >= 0.3 is 0 Å². The molecule has 0 N–H and O–H groups in total. The van der Waals surface area contributed by atoms with Crippen molar-refractivity contribution in [1.82, 2.24) is 0 Å². The van der Waals surface area contributed by atoms with Gasteiger partial charge in [-0.2, -0.15) is 0 Å². The maximum Gasteiger partial charge on any atom is 0.127 e. The van der Waals surface area contributed by atoms with Crippen LogP contribution in [-0.2, 0) is 4.79 Å². The molecule has 0 atom stereocenters. The number of ketones is 1. The van der Waals surface area contributed by atoms with E-state index in [1.54, 1.807) is 6.92 Å². The van der Waals surface area contributed by atoms with E-state index < -0.39 is 5.31 Å². The van der Waals surface area contributed by atoms with Crippen molar-refractivity contribution < 1.29 is 4.79 Å². The fourth-order valence-corrected chi connectivity index (χ4v) is 1.36. The van der Waals surface area contributed by atoms with Gasteiger partial charge in [-0.15, -0.1) is 0 Å². The van der Waals surface area contributed by atoms with Gasteiger partial charge in [0, 0.05) is 0 Å². The lowest BCUT2D eigenvalue weighted by atomic mass is 9.65. The van der Waals surface area contributed by atoms with E-state index in [1.165, 1.54) is 0 Å². The summed E-state index contributed by atoms with van der Waals surface area (Å²) in [5, 5.41) is -0.444. The molecular formula is C7H11BO. The molecule has 1 aliphatic carbocycles. The highest BCUT2D eigenvalue weighted by Gasteiger charge is 2.31. The zero-order valence-electron chi connectivity index (χ0n) is 5.81. The molecule has 0 spiro atoms. The Morgan fingerprint density at radius 2 is 1.89 bits per heavy atom. The molecule has 0 bridgehead atoms. The molecule has 0 unspecified atom stereocenters. The maximum absolute atomic E-state index is 10.8. The normalized spacial score (nSPS) is 24.1. The molecule has 48 valence electrons. The molecule has 2 radical (unpaired) electrons. The molecule has 0 aliphatic heterocycles. The summed E-state index contributed by atoms with van der Waals surface area (Å²) in [6, 6.07) is 0. The van der Waals surface area contributed by atoms with Crippen molar-refractivity contribution >= 4 is 13.6 Å². The van der Waals surface area contributed by atoms with E-state index in [4.69, 9.17) is 7.85 Å². The molecule has 1 aliphatic rings. The van der Waals surface area contributed by atoms with Crippen molar-refractivity contribution in [3.63, 3.8) is 0 Å². The van der Waals surface area contributed by atoms with Gasteiger partial charge in [-0.3, -0.25) is 0 Å². The predicted octanol–water partition coefficient (Wildman–Crippen LogP) is 1.48. The highest BCUT2D eigenvalue weighted by Crippen LogP contribution is 2.42. The highest BCUT2D eigenvalue weighted by atomic mass is 16.1. The van der Waals surface area contributed by atoms with Crippen LogP contribution in [-0.4, -0.2) is 13.6 Å². The van der Waals surface area contributed by atoms with Crippen molar-refractivity contribution in [2.45, 2.75) is 37.9 Å². The van der Waals surface area contributed by atoms with E-state index in [9.17, 15) is 4.79 Å². The van der Waals surface area contributed by atoms with Crippen molar-refractivity contribution in [3.05, 3.63) is 0 Å². The third-order valence-electron chi connectivity index (χ3n) is 2.20. The van der Waals surface area contributed by atoms with E-state index in [-0.39, 0.29) is 5.78 Å². The molecule has 1 nitrogen and oxygen atoms in total. The van der Waals surface area contributed by atoms with Gasteiger partial charge < -0.3 is 4.79 Å². The van der Waals surface area contributed by atoms with Crippen LogP contribution in [0.4, 0.5) is 0 Å². The second-order valence-electron chi connectivity index (χ2n) is 2.92. The molecule has 0 aromatic carbocycles. The van der Waals surface area contributed by atoms with E-state index in [0.29, 0.717) is 0 Å². The van der Waals surface area contributed by atoms with Crippen LogP contribution in [0.1, 0.15) is 32.6 Å². The lowest BCUT2D eigenvalue weighted by Gasteiger charge is -2.18. The minimum Gasteiger partial charge on any atom is -0.300 e. The van der Waals surface area contributed by atoms with Crippen LogP contribution in [0, 0.1) is 0 Å². The first-order valence-corrected chi connectivity index (χ1v) is 3.45. The van der Waals surface area contributed by atoms with Gasteiger partial charge in [-0.1, -0.05) is 12.8 Å². The van der Waals surface area contributed by atoms with Gasteiger partial charge in [0.05, 0.1) is 7.85 Å². The Hall–Kier alpha value is -0.265. The largest absolute Gasteiger partial charge is 0.300 e. The average molecular weight is 122 g/mol. The van der Waals surface area contributed by atoms with Crippen LogP contribution >= 0.6 is 0 Å². The summed E-state index contributed by atoms with van der Waals surface area (Å²) < 4.78 is 0. The summed E-state index contributed by atoms with van der Waals surface area (Å²) >= 11 is 0. The number of carbonyl (C=O) groups is 1. The third-order valence-corrected chi connectivity index (χ3v) is 2.20. The third kappa shape index (κ3) is 1.17. The molecule has 0 amide bonds. The molecule has 0 aromatic heterocycles. The number of carbonyl (C=O) groups excluding carboxylic acids is 1. The minimum absolute atomic E-state index is 0.153. The summed E-state index contributed by atoms with van der Waals surface area (Å²) in [6.07, 6.45) is 4.02. The van der Waals surface area contributed by atoms with Gasteiger partial charge in [0.1, 0.15) is 5.78 Å². The van der Waals surface area contributed by atoms with Crippen LogP contribution in [0.2, 0.25) is 5.31 Å². The Morgan fingerprint density at radius 3 is 2.11 bits per heavy atom. The van der Waals surface area contributed by atoms with Gasteiger partial charge in [0.25, 0.3) is 0 Å². The fraction of sp³-hybridized carbons (Fsp3) is 0.857. The number of rotatable bonds is 1. The van der Waals surface area contributed by atoms with Crippen LogP contribution in [0.5, 0.6) is 0 Å². The SMILES string of the molecule is [B]C1(C(C)=O)CCCC1. The van der Waals surface area contributed by atoms with E-state index in [2.05, 4.69) is 0 Å². The fourth-order valence-electron chi connectivity index (χ4n) is 1.36. The lowest BCUT2D eigenvalue weighted by molar-refractivity contribution is -0.119. The Balaban J connectivity index is 2.61. The molecule has 0 saturated heterocycles. The summed E-state index contributed by atoms with van der Waals surface area (Å²) in [4.78, 5) is 10.8. The highest BCUT2D eigenvalue weighted by molar-refractivity contribution is 6.28. The predicted molar refractivity (Wildman–Crippen MR) is 37.6 cm³/mol. The van der Waals surface area contributed by atoms with Crippen molar-refractivity contribution in [2.75, 3.05) is 0 Å². The molecule has 2 heteroatoms. The van der Waals surface area contributed by atoms with Crippen molar-refractivity contribution in [1.29, 1.82) is 0 Å². The number of hydrogen-bond acceptors (Lipinski definition) is 1. The molecule has 9 heavy (non-hydrogen) atoms. The zero-order chi connectivity index (χ0) is 6.91. The molecular weight excluding hydrogens is 111 g/mol. The monoisotopic (exact) mass is 122 g/mol.